The summed E-state index contributed by atoms with van der Waals surface area (Å²) in [5, 5.41) is 6.29. The van der Waals surface area contributed by atoms with E-state index in [2.05, 4.69) is 26.6 Å². The topological polar surface area (TPSA) is 84.5 Å². The monoisotopic (exact) mass is 488 g/mol. The largest absolute Gasteiger partial charge is 0.461 e. The third-order valence-corrected chi connectivity index (χ3v) is 7.79. The van der Waals surface area contributed by atoms with Crippen LogP contribution in [0.5, 0.6) is 0 Å². The molecule has 2 N–H and O–H groups in total. The predicted molar refractivity (Wildman–Crippen MR) is 116 cm³/mol. The predicted octanol–water partition coefficient (Wildman–Crippen LogP) is 4.10. The van der Waals surface area contributed by atoms with Crippen molar-refractivity contribution in [3.05, 3.63) is 59.1 Å². The Morgan fingerprint density at radius 2 is 1.60 bits per heavy atom. The van der Waals surface area contributed by atoms with Crippen molar-refractivity contribution in [3.63, 3.8) is 0 Å². The molecule has 1 heterocycles. The maximum absolute atomic E-state index is 12.9. The number of benzene rings is 2. The van der Waals surface area contributed by atoms with Gasteiger partial charge in [0.1, 0.15) is 6.10 Å². The number of carbonyl (C=O) groups excluding carboxylic acids is 3. The van der Waals surface area contributed by atoms with Crippen LogP contribution in [0, 0.1) is 23.7 Å². The fourth-order valence-electron chi connectivity index (χ4n) is 5.00. The number of halogens is 2. The third kappa shape index (κ3) is 3.20. The number of hydrogen-bond acceptors (Lipinski definition) is 4. The molecule has 6 atom stereocenters. The van der Waals surface area contributed by atoms with E-state index < -0.39 is 5.92 Å². The molecule has 1 aliphatic heterocycles. The zero-order valence-corrected chi connectivity index (χ0v) is 18.0. The summed E-state index contributed by atoms with van der Waals surface area (Å²) in [4.78, 5) is 37.6. The molecule has 0 unspecified atom stereocenters. The van der Waals surface area contributed by atoms with Gasteiger partial charge in [-0.2, -0.15) is 0 Å². The van der Waals surface area contributed by atoms with Gasteiger partial charge in [-0.1, -0.05) is 27.5 Å². The van der Waals surface area contributed by atoms with Crippen LogP contribution in [0.1, 0.15) is 16.8 Å². The summed E-state index contributed by atoms with van der Waals surface area (Å²) in [5.41, 5.74) is 1.69. The Balaban J connectivity index is 1.25. The fraction of sp³-hybridized carbons (Fsp3) is 0.318. The Labute approximate surface area is 186 Å². The van der Waals surface area contributed by atoms with Gasteiger partial charge in [0, 0.05) is 27.9 Å². The normalized spacial score (nSPS) is 30.8. The second-order valence-corrected chi connectivity index (χ2v) is 9.48. The quantitative estimate of drug-likeness (QED) is 0.500. The van der Waals surface area contributed by atoms with Crippen LogP contribution in [0.3, 0.4) is 0 Å². The number of anilines is 2. The van der Waals surface area contributed by atoms with Crippen LogP contribution in [0.4, 0.5) is 11.4 Å². The maximum Gasteiger partial charge on any atom is 0.310 e. The van der Waals surface area contributed by atoms with E-state index >= 15 is 0 Å². The highest BCUT2D eigenvalue weighted by atomic mass is 79.9. The number of alkyl halides is 1. The highest BCUT2D eigenvalue weighted by molar-refractivity contribution is 9.09. The summed E-state index contributed by atoms with van der Waals surface area (Å²) in [7, 11) is 0. The standard InChI is InChI=1S/C22H18BrClN2O4/c23-18-14-9-15-17(22(29)30-19(15)18)16(14)21(28)26-12-5-1-10(2-6-12)20(27)25-13-7-3-11(24)4-8-13/h1-8,14-19H,9H2,(H,25,27)(H,26,28)/t14-,15-,16-,17-,18-,19+/m1/s1. The number of esters is 1. The Bertz CT molecular complexity index is 1030. The fourth-order valence-corrected chi connectivity index (χ4v) is 6.17. The second-order valence-electron chi connectivity index (χ2n) is 7.99. The van der Waals surface area contributed by atoms with E-state index in [1.165, 1.54) is 0 Å². The van der Waals surface area contributed by atoms with E-state index in [0.29, 0.717) is 22.0 Å². The summed E-state index contributed by atoms with van der Waals surface area (Å²) < 4.78 is 5.46. The van der Waals surface area contributed by atoms with Gasteiger partial charge in [-0.15, -0.1) is 0 Å². The van der Waals surface area contributed by atoms with Crippen molar-refractivity contribution in [2.45, 2.75) is 17.4 Å². The molecule has 2 aliphatic carbocycles. The third-order valence-electron chi connectivity index (χ3n) is 6.34. The molecular formula is C22H18BrClN2O4. The van der Waals surface area contributed by atoms with Crippen LogP contribution in [-0.2, 0) is 14.3 Å². The first kappa shape index (κ1) is 19.6. The molecule has 2 saturated carbocycles. The van der Waals surface area contributed by atoms with Crippen molar-refractivity contribution in [2.75, 3.05) is 10.6 Å². The van der Waals surface area contributed by atoms with Gasteiger partial charge in [-0.3, -0.25) is 14.4 Å². The smallest absolute Gasteiger partial charge is 0.310 e. The Hall–Kier alpha value is -2.38. The minimum Gasteiger partial charge on any atom is -0.461 e. The lowest BCUT2D eigenvalue weighted by Gasteiger charge is -2.27. The van der Waals surface area contributed by atoms with E-state index in [0.717, 1.165) is 6.42 Å². The molecule has 1 saturated heterocycles. The molecule has 0 spiro atoms. The number of rotatable bonds is 4. The van der Waals surface area contributed by atoms with Gasteiger partial charge in [-0.05, 0) is 60.9 Å². The van der Waals surface area contributed by atoms with Gasteiger partial charge in [0.25, 0.3) is 5.91 Å². The molecule has 5 rings (SSSR count). The van der Waals surface area contributed by atoms with E-state index in [-0.39, 0.29) is 46.5 Å². The molecule has 2 aromatic rings. The van der Waals surface area contributed by atoms with Crippen LogP contribution in [0.15, 0.2) is 48.5 Å². The van der Waals surface area contributed by atoms with Crippen LogP contribution < -0.4 is 10.6 Å². The summed E-state index contributed by atoms with van der Waals surface area (Å²) in [6.45, 7) is 0. The number of carbonyl (C=O) groups is 3. The lowest BCUT2D eigenvalue weighted by molar-refractivity contribution is -0.145. The molecule has 154 valence electrons. The molecule has 2 aromatic carbocycles. The molecule has 2 bridgehead atoms. The first-order valence-electron chi connectivity index (χ1n) is 9.75. The SMILES string of the molecule is O=C(Nc1ccc(Cl)cc1)c1ccc(NC(=O)[C@@H]2[C@H]3C[C@H]4[C@H](OC(=O)[C@H]42)[C@@H]3Br)cc1. The average molecular weight is 490 g/mol. The van der Waals surface area contributed by atoms with Crippen molar-refractivity contribution in [1.82, 2.24) is 0 Å². The number of amides is 2. The molecule has 8 heteroatoms. The highest BCUT2D eigenvalue weighted by Crippen LogP contribution is 2.60. The lowest BCUT2D eigenvalue weighted by Crippen LogP contribution is -2.40. The summed E-state index contributed by atoms with van der Waals surface area (Å²) in [6.07, 6.45) is 0.730. The zero-order chi connectivity index (χ0) is 21.0. The van der Waals surface area contributed by atoms with Gasteiger partial charge in [-0.25, -0.2) is 0 Å². The van der Waals surface area contributed by atoms with Gasteiger partial charge in [0.05, 0.1) is 16.7 Å². The van der Waals surface area contributed by atoms with E-state index in [1.807, 2.05) is 0 Å². The van der Waals surface area contributed by atoms with Crippen LogP contribution in [0.25, 0.3) is 0 Å². The van der Waals surface area contributed by atoms with Gasteiger partial charge >= 0.3 is 5.97 Å². The van der Waals surface area contributed by atoms with Crippen molar-refractivity contribution >= 4 is 56.7 Å². The summed E-state index contributed by atoms with van der Waals surface area (Å²) in [5.74, 6) is -1.21. The average Bonchev–Trinajstić information content (AvgIpc) is 3.34. The first-order valence-corrected chi connectivity index (χ1v) is 11.0. The minimum absolute atomic E-state index is 0.0277. The number of ether oxygens (including phenoxy) is 1. The van der Waals surface area contributed by atoms with Crippen molar-refractivity contribution in [3.8, 4) is 0 Å². The molecular weight excluding hydrogens is 472 g/mol. The molecule has 2 amide bonds. The van der Waals surface area contributed by atoms with Crippen LogP contribution >= 0.6 is 27.5 Å². The molecule has 3 fully saturated rings. The zero-order valence-electron chi connectivity index (χ0n) is 15.7. The van der Waals surface area contributed by atoms with Crippen molar-refractivity contribution in [1.29, 1.82) is 0 Å². The summed E-state index contributed by atoms with van der Waals surface area (Å²) >= 11 is 9.47. The Morgan fingerprint density at radius 3 is 2.30 bits per heavy atom. The molecule has 6 nitrogen and oxygen atoms in total. The van der Waals surface area contributed by atoms with E-state index in [9.17, 15) is 14.4 Å². The lowest BCUT2D eigenvalue weighted by atomic mass is 9.79. The van der Waals surface area contributed by atoms with Gasteiger partial charge in [0.2, 0.25) is 5.91 Å². The van der Waals surface area contributed by atoms with Crippen LogP contribution in [0.2, 0.25) is 5.02 Å². The maximum atomic E-state index is 12.9. The highest BCUT2D eigenvalue weighted by Gasteiger charge is 2.67. The molecule has 3 aliphatic rings. The summed E-state index contributed by atoms with van der Waals surface area (Å²) in [6, 6.07) is 13.5. The molecule has 0 radical (unpaired) electrons. The van der Waals surface area contributed by atoms with Gasteiger partial charge in [0.15, 0.2) is 0 Å². The first-order chi connectivity index (χ1) is 14.4. The Kier molecular flexibility index (Phi) is 4.82. The van der Waals surface area contributed by atoms with Crippen LogP contribution in [-0.4, -0.2) is 28.7 Å². The van der Waals surface area contributed by atoms with Gasteiger partial charge < -0.3 is 15.4 Å². The van der Waals surface area contributed by atoms with E-state index in [1.54, 1.807) is 48.5 Å². The second kappa shape index (κ2) is 7.39. The number of hydrogen-bond donors (Lipinski definition) is 2. The minimum atomic E-state index is -0.390. The molecule has 30 heavy (non-hydrogen) atoms. The van der Waals surface area contributed by atoms with E-state index in [4.69, 9.17) is 16.3 Å². The molecule has 0 aromatic heterocycles. The Morgan fingerprint density at radius 1 is 0.967 bits per heavy atom. The number of fused-ring (bicyclic) bond motifs is 1. The van der Waals surface area contributed by atoms with Crippen molar-refractivity contribution in [2.24, 2.45) is 23.7 Å². The van der Waals surface area contributed by atoms with Crippen molar-refractivity contribution < 1.29 is 19.1 Å². The number of nitrogens with one attached hydrogen (secondary N) is 2.